The summed E-state index contributed by atoms with van der Waals surface area (Å²) in [6, 6.07) is 8.07. The van der Waals surface area contributed by atoms with Crippen LogP contribution >= 0.6 is 0 Å². The fourth-order valence-electron chi connectivity index (χ4n) is 3.86. The molecule has 3 atom stereocenters. The van der Waals surface area contributed by atoms with Crippen LogP contribution in [0, 0.1) is 11.8 Å². The number of sulfonamides is 1. The third-order valence-corrected chi connectivity index (χ3v) is 7.36. The summed E-state index contributed by atoms with van der Waals surface area (Å²) in [6.45, 7) is 9.32. The summed E-state index contributed by atoms with van der Waals surface area (Å²) in [5, 5.41) is 7.12. The van der Waals surface area contributed by atoms with Crippen LogP contribution in [-0.4, -0.2) is 41.5 Å². The molecule has 158 valence electrons. The number of carbonyl (C=O) groups excluding carboxylic acids is 1. The quantitative estimate of drug-likeness (QED) is 0.774. The monoisotopic (exact) mass is 418 g/mol. The van der Waals surface area contributed by atoms with Crippen molar-refractivity contribution in [3.05, 3.63) is 42.1 Å². The van der Waals surface area contributed by atoms with Crippen LogP contribution in [0.3, 0.4) is 0 Å². The van der Waals surface area contributed by atoms with Gasteiger partial charge in [-0.25, -0.2) is 13.1 Å². The molecule has 1 amide bonds. The second kappa shape index (κ2) is 8.67. The van der Waals surface area contributed by atoms with Crippen molar-refractivity contribution < 1.29 is 13.2 Å². The molecule has 0 spiro atoms. The van der Waals surface area contributed by atoms with E-state index in [1.54, 1.807) is 33.4 Å². The molecule has 1 fully saturated rings. The van der Waals surface area contributed by atoms with E-state index in [0.717, 1.165) is 12.8 Å². The number of nitrogens with zero attached hydrogens (tertiary/aromatic N) is 3. The Morgan fingerprint density at radius 3 is 2.38 bits per heavy atom. The summed E-state index contributed by atoms with van der Waals surface area (Å²) in [4.78, 5) is 12.8. The van der Waals surface area contributed by atoms with Gasteiger partial charge in [0.05, 0.1) is 17.1 Å². The number of hydrogen-bond donors (Lipinski definition) is 1. The fourth-order valence-corrected chi connectivity index (χ4v) is 5.53. The lowest BCUT2D eigenvalue weighted by atomic mass is 9.94. The summed E-state index contributed by atoms with van der Waals surface area (Å²) >= 11 is 0. The Kier molecular flexibility index (Phi) is 6.43. The van der Waals surface area contributed by atoms with Gasteiger partial charge in [-0.2, -0.15) is 9.40 Å². The molecular formula is C21H30N4O3S. The molecular weight excluding hydrogens is 388 g/mol. The number of carbonyl (C=O) groups is 1. The minimum absolute atomic E-state index is 0.169. The lowest BCUT2D eigenvalue weighted by Gasteiger charge is -2.34. The van der Waals surface area contributed by atoms with Crippen molar-refractivity contribution in [3.63, 3.8) is 0 Å². The number of piperidine rings is 1. The van der Waals surface area contributed by atoms with E-state index < -0.39 is 10.0 Å². The molecule has 0 radical (unpaired) electrons. The van der Waals surface area contributed by atoms with Gasteiger partial charge in [0, 0.05) is 24.7 Å². The summed E-state index contributed by atoms with van der Waals surface area (Å²) in [7, 11) is -3.55. The molecule has 1 aliphatic heterocycles. The summed E-state index contributed by atoms with van der Waals surface area (Å²) in [5.74, 6) is 1.01. The summed E-state index contributed by atoms with van der Waals surface area (Å²) in [6.07, 6.45) is 3.58. The van der Waals surface area contributed by atoms with Crippen molar-refractivity contribution >= 4 is 21.7 Å². The molecule has 0 saturated carbocycles. The SMILES string of the molecule is CCC(C)n1nccc1NC(=O)c1ccc(S(=O)(=O)N2CC(C)CC(C)C2)cc1. The molecule has 1 aromatic carbocycles. The van der Waals surface area contributed by atoms with E-state index in [9.17, 15) is 13.2 Å². The number of benzene rings is 1. The lowest BCUT2D eigenvalue weighted by Crippen LogP contribution is -2.42. The van der Waals surface area contributed by atoms with Crippen LogP contribution in [0.25, 0.3) is 0 Å². The minimum Gasteiger partial charge on any atom is -0.307 e. The number of aromatic nitrogens is 2. The topological polar surface area (TPSA) is 84.3 Å². The van der Waals surface area contributed by atoms with Crippen LogP contribution < -0.4 is 5.32 Å². The van der Waals surface area contributed by atoms with Gasteiger partial charge in [0.2, 0.25) is 10.0 Å². The molecule has 2 heterocycles. The molecule has 3 unspecified atom stereocenters. The number of hydrogen-bond acceptors (Lipinski definition) is 4. The van der Waals surface area contributed by atoms with E-state index in [1.165, 1.54) is 12.1 Å². The van der Waals surface area contributed by atoms with Gasteiger partial charge in [-0.05, 0) is 55.9 Å². The summed E-state index contributed by atoms with van der Waals surface area (Å²) in [5.41, 5.74) is 0.404. The molecule has 1 aliphatic rings. The van der Waals surface area contributed by atoms with Crippen molar-refractivity contribution in [2.45, 2.75) is 51.5 Å². The van der Waals surface area contributed by atoms with Crippen molar-refractivity contribution in [2.75, 3.05) is 18.4 Å². The molecule has 1 aromatic heterocycles. The van der Waals surface area contributed by atoms with Gasteiger partial charge in [0.1, 0.15) is 5.82 Å². The zero-order valence-corrected chi connectivity index (χ0v) is 18.3. The Balaban J connectivity index is 1.74. The van der Waals surface area contributed by atoms with Crippen LogP contribution in [0.2, 0.25) is 0 Å². The zero-order chi connectivity index (χ0) is 21.2. The highest BCUT2D eigenvalue weighted by molar-refractivity contribution is 7.89. The normalized spacial score (nSPS) is 21.7. The molecule has 1 N–H and O–H groups in total. The Morgan fingerprint density at radius 1 is 1.17 bits per heavy atom. The predicted molar refractivity (Wildman–Crippen MR) is 113 cm³/mol. The van der Waals surface area contributed by atoms with Crippen molar-refractivity contribution in [3.8, 4) is 0 Å². The van der Waals surface area contributed by atoms with Crippen LogP contribution in [0.4, 0.5) is 5.82 Å². The standard InChI is InChI=1S/C21H30N4O3S/c1-5-17(4)25-20(10-11-22-25)23-21(26)18-6-8-19(9-7-18)29(27,28)24-13-15(2)12-16(3)14-24/h6-11,15-17H,5,12-14H2,1-4H3,(H,23,26). The van der Waals surface area contributed by atoms with Gasteiger partial charge in [0.15, 0.2) is 0 Å². The average molecular weight is 419 g/mol. The van der Waals surface area contributed by atoms with E-state index in [1.807, 2.05) is 6.92 Å². The van der Waals surface area contributed by atoms with E-state index in [4.69, 9.17) is 0 Å². The highest BCUT2D eigenvalue weighted by Crippen LogP contribution is 2.27. The smallest absolute Gasteiger partial charge is 0.256 e. The molecule has 29 heavy (non-hydrogen) atoms. The average Bonchev–Trinajstić information content (AvgIpc) is 3.14. The van der Waals surface area contributed by atoms with Crippen molar-refractivity contribution in [1.29, 1.82) is 0 Å². The highest BCUT2D eigenvalue weighted by Gasteiger charge is 2.31. The molecule has 0 bridgehead atoms. The maximum absolute atomic E-state index is 13.0. The third kappa shape index (κ3) is 4.70. The van der Waals surface area contributed by atoms with E-state index >= 15 is 0 Å². The van der Waals surface area contributed by atoms with Gasteiger partial charge in [-0.3, -0.25) is 4.79 Å². The largest absolute Gasteiger partial charge is 0.307 e. The zero-order valence-electron chi connectivity index (χ0n) is 17.5. The first kappa shape index (κ1) is 21.5. The second-order valence-electron chi connectivity index (χ2n) is 8.16. The molecule has 0 aliphatic carbocycles. The second-order valence-corrected chi connectivity index (χ2v) is 10.1. The van der Waals surface area contributed by atoms with Crippen LogP contribution in [0.15, 0.2) is 41.4 Å². The van der Waals surface area contributed by atoms with Gasteiger partial charge in [0.25, 0.3) is 5.91 Å². The molecule has 2 aromatic rings. The molecule has 8 heteroatoms. The lowest BCUT2D eigenvalue weighted by molar-refractivity contribution is 0.102. The van der Waals surface area contributed by atoms with Crippen LogP contribution in [0.1, 0.15) is 56.9 Å². The Morgan fingerprint density at radius 2 is 1.79 bits per heavy atom. The Hall–Kier alpha value is -2.19. The minimum atomic E-state index is -3.55. The third-order valence-electron chi connectivity index (χ3n) is 5.51. The van der Waals surface area contributed by atoms with E-state index in [0.29, 0.717) is 36.3 Å². The highest BCUT2D eigenvalue weighted by atomic mass is 32.2. The Labute approximate surface area is 173 Å². The predicted octanol–water partition coefficient (Wildman–Crippen LogP) is 3.77. The number of nitrogens with one attached hydrogen (secondary N) is 1. The van der Waals surface area contributed by atoms with Gasteiger partial charge in [-0.1, -0.05) is 20.8 Å². The number of anilines is 1. The number of amides is 1. The molecule has 7 nitrogen and oxygen atoms in total. The van der Waals surface area contributed by atoms with Gasteiger partial charge < -0.3 is 5.32 Å². The molecule has 3 rings (SSSR count). The first-order valence-corrected chi connectivity index (χ1v) is 11.6. The first-order valence-electron chi connectivity index (χ1n) is 10.2. The Bertz CT molecular complexity index is 943. The molecule has 1 saturated heterocycles. The maximum Gasteiger partial charge on any atom is 0.256 e. The maximum atomic E-state index is 13.0. The van der Waals surface area contributed by atoms with E-state index in [-0.39, 0.29) is 16.8 Å². The van der Waals surface area contributed by atoms with E-state index in [2.05, 4.69) is 31.2 Å². The van der Waals surface area contributed by atoms with Gasteiger partial charge >= 0.3 is 0 Å². The first-order chi connectivity index (χ1) is 13.7. The fraction of sp³-hybridized carbons (Fsp3) is 0.524. The van der Waals surface area contributed by atoms with Crippen LogP contribution in [-0.2, 0) is 10.0 Å². The van der Waals surface area contributed by atoms with Gasteiger partial charge in [-0.15, -0.1) is 0 Å². The number of rotatable bonds is 6. The summed E-state index contributed by atoms with van der Waals surface area (Å²) < 4.78 is 29.3. The van der Waals surface area contributed by atoms with Crippen molar-refractivity contribution in [1.82, 2.24) is 14.1 Å². The van der Waals surface area contributed by atoms with Crippen LogP contribution in [0.5, 0.6) is 0 Å². The van der Waals surface area contributed by atoms with Crippen molar-refractivity contribution in [2.24, 2.45) is 11.8 Å².